The molecule has 0 saturated carbocycles. The minimum absolute atomic E-state index is 0.335. The van der Waals surface area contributed by atoms with Crippen molar-refractivity contribution < 1.29 is 8.83 Å². The molecule has 396 valence electrons. The highest BCUT2D eigenvalue weighted by Crippen LogP contribution is 2.65. The van der Waals surface area contributed by atoms with Gasteiger partial charge in [0.05, 0.1) is 64.6 Å². The lowest BCUT2D eigenvalue weighted by Crippen LogP contribution is -2.16. The van der Waals surface area contributed by atoms with Crippen molar-refractivity contribution in [1.82, 2.24) is 18.3 Å². The van der Waals surface area contributed by atoms with Gasteiger partial charge in [0.15, 0.2) is 0 Å². The summed E-state index contributed by atoms with van der Waals surface area (Å²) in [5.41, 5.74) is 27.3. The summed E-state index contributed by atoms with van der Waals surface area (Å²) in [7, 11) is -2.45. The first-order chi connectivity index (χ1) is 41.3. The quantitative estimate of drug-likeness (QED) is 0.130. The second-order valence-corrected chi connectivity index (χ2v) is 28.4. The SMILES string of the molecule is CC1(C)c2ccccc2-c2cc3c4c(oc5cc6c(cc7oc8c9c(cc%10c8p8c%11c(cccc%11n(-c%11ccccc%11)c6c78)n%10-c6ccccc6)-c6ccccc6C9(C)C)c6c5p4c4c(cccc4n6-c4ccccc4)n3-c3ccccc3)c21. The molecular weight excluding hydrogens is 1060 g/mol. The number of nitrogens with zero attached hydrogens (tertiary/aromatic N) is 4. The van der Waals surface area contributed by atoms with Crippen LogP contribution in [0.3, 0.4) is 0 Å². The lowest BCUT2D eigenvalue weighted by molar-refractivity contribution is 0.616. The molecule has 0 bridgehead atoms. The van der Waals surface area contributed by atoms with Crippen LogP contribution < -0.4 is 0 Å². The molecule has 2 aliphatic rings. The Balaban J connectivity index is 1.09. The van der Waals surface area contributed by atoms with Gasteiger partial charge in [-0.25, -0.2) is 0 Å². The van der Waals surface area contributed by atoms with Crippen molar-refractivity contribution in [1.29, 1.82) is 0 Å². The summed E-state index contributed by atoms with van der Waals surface area (Å²) < 4.78 is 26.4. The monoisotopic (exact) mass is 1110 g/mol. The Bertz CT molecular complexity index is 5590. The first kappa shape index (κ1) is 45.9. The molecule has 0 radical (unpaired) electrons. The van der Waals surface area contributed by atoms with E-state index in [0.29, 0.717) is 0 Å². The standard InChI is InChI=1S/C76H50N4O2P2/c1-75(2)53-33-19-17-31-47(53)49-39-59-71-67(63(49)75)81-61-41-51-52(65-73(61)83(71)69-55(77(59)43-23-9-5-10-24-43)35-21-37-57(69)79(65)45-27-13-7-14-28-45)42-62-74-66(51)80(46-29-15-8-16-30-46)58-38-22-36-56-70(58)84(74)72-60(78(56)44-25-11-6-12-26-44)40-50-48-32-18-20-34-54(48)76(3,4)64(50)68(72)82-62/h5-42H,1-4H3. The Morgan fingerprint density at radius 1 is 0.298 bits per heavy atom. The number of hydrogen-bond acceptors (Lipinski definition) is 2. The molecule has 0 fully saturated rings. The van der Waals surface area contributed by atoms with E-state index in [0.717, 1.165) is 66.9 Å². The van der Waals surface area contributed by atoms with Crippen LogP contribution in [0.1, 0.15) is 49.9 Å². The first-order valence-electron chi connectivity index (χ1n) is 29.2. The highest BCUT2D eigenvalue weighted by atomic mass is 31.1. The lowest BCUT2D eigenvalue weighted by atomic mass is 9.82. The maximum atomic E-state index is 8.10. The molecule has 12 aromatic carbocycles. The number of aromatic nitrogens is 4. The molecule has 18 aromatic rings. The van der Waals surface area contributed by atoms with Crippen LogP contribution in [0.25, 0.3) is 153 Å². The Hall–Kier alpha value is -9.70. The summed E-state index contributed by atoms with van der Waals surface area (Å²) in [4.78, 5) is 0. The Kier molecular flexibility index (Phi) is 8.56. The molecule has 0 spiro atoms. The van der Waals surface area contributed by atoms with Crippen molar-refractivity contribution in [2.24, 2.45) is 0 Å². The van der Waals surface area contributed by atoms with Gasteiger partial charge in [-0.2, -0.15) is 0 Å². The lowest BCUT2D eigenvalue weighted by Gasteiger charge is -2.30. The third-order valence-corrected chi connectivity index (χ3v) is 24.8. The van der Waals surface area contributed by atoms with Gasteiger partial charge in [-0.3, -0.25) is 0 Å². The molecule has 8 heteroatoms. The summed E-state index contributed by atoms with van der Waals surface area (Å²) >= 11 is 0. The van der Waals surface area contributed by atoms with Gasteiger partial charge >= 0.3 is 0 Å². The molecule has 0 amide bonds. The molecule has 20 rings (SSSR count). The first-order valence-corrected chi connectivity index (χ1v) is 31.9. The van der Waals surface area contributed by atoms with Gasteiger partial charge in [-0.15, -0.1) is 0 Å². The average Bonchev–Trinajstić information content (AvgIpc) is 0.967. The van der Waals surface area contributed by atoms with Crippen LogP contribution in [0.2, 0.25) is 0 Å². The number of benzene rings is 12. The van der Waals surface area contributed by atoms with Gasteiger partial charge in [0.1, 0.15) is 22.3 Å². The number of para-hydroxylation sites is 4. The molecule has 0 aliphatic heterocycles. The third kappa shape index (κ3) is 5.42. The zero-order valence-corrected chi connectivity index (χ0v) is 48.2. The van der Waals surface area contributed by atoms with Crippen LogP contribution in [0.5, 0.6) is 0 Å². The minimum Gasteiger partial charge on any atom is -0.455 e. The van der Waals surface area contributed by atoms with E-state index in [1.54, 1.807) is 0 Å². The molecule has 84 heavy (non-hydrogen) atoms. The Morgan fingerprint density at radius 2 is 0.631 bits per heavy atom. The van der Waals surface area contributed by atoms with Gasteiger partial charge in [0.25, 0.3) is 0 Å². The van der Waals surface area contributed by atoms with E-state index in [1.165, 1.54) is 108 Å². The van der Waals surface area contributed by atoms with Crippen molar-refractivity contribution in [2.75, 3.05) is 0 Å². The fraction of sp³-hybridized carbons (Fsp3) is 0.0789. The van der Waals surface area contributed by atoms with E-state index in [4.69, 9.17) is 8.83 Å². The van der Waals surface area contributed by atoms with Crippen molar-refractivity contribution in [3.8, 4) is 45.0 Å². The highest BCUT2D eigenvalue weighted by Gasteiger charge is 2.42. The number of fused-ring (bicyclic) bond motifs is 11. The van der Waals surface area contributed by atoms with E-state index in [1.807, 2.05) is 0 Å². The number of hydrogen-bond donors (Lipinski definition) is 0. The van der Waals surface area contributed by atoms with Crippen molar-refractivity contribution in [3.05, 3.63) is 253 Å². The Morgan fingerprint density at radius 3 is 1.01 bits per heavy atom. The summed E-state index contributed by atoms with van der Waals surface area (Å²) in [5, 5.41) is 10.00. The van der Waals surface area contributed by atoms with E-state index in [-0.39, 0.29) is 10.8 Å². The normalized spacial score (nSPS) is 14.8. The van der Waals surface area contributed by atoms with Crippen molar-refractivity contribution in [2.45, 2.75) is 38.5 Å². The summed E-state index contributed by atoms with van der Waals surface area (Å²) in [6.45, 7) is 9.61. The second-order valence-electron chi connectivity index (χ2n) is 24.4. The largest absolute Gasteiger partial charge is 0.455 e. The van der Waals surface area contributed by atoms with Crippen LogP contribution in [0.15, 0.2) is 239 Å². The van der Waals surface area contributed by atoms with Gasteiger partial charge in [0, 0.05) is 65.7 Å². The van der Waals surface area contributed by atoms with E-state index in [9.17, 15) is 0 Å². The average molecular weight is 1110 g/mol. The molecule has 2 aliphatic carbocycles. The predicted molar refractivity (Wildman–Crippen MR) is 352 cm³/mol. The second kappa shape index (κ2) is 15.7. The molecular formula is C76H50N4O2P2. The van der Waals surface area contributed by atoms with Gasteiger partial charge in [-0.1, -0.05) is 176 Å². The van der Waals surface area contributed by atoms with Crippen molar-refractivity contribution >= 4 is 123 Å². The minimum atomic E-state index is -1.23. The van der Waals surface area contributed by atoms with Crippen LogP contribution in [0, 0.1) is 0 Å². The Labute approximate surface area is 483 Å². The highest BCUT2D eigenvalue weighted by molar-refractivity contribution is 7.64. The zero-order chi connectivity index (χ0) is 55.2. The third-order valence-electron chi connectivity index (χ3n) is 19.5. The van der Waals surface area contributed by atoms with Crippen LogP contribution in [0.4, 0.5) is 0 Å². The molecule has 0 N–H and O–H groups in total. The summed E-state index contributed by atoms with van der Waals surface area (Å²) in [6, 6.07) is 86.2. The fourth-order valence-corrected chi connectivity index (χ4v) is 22.2. The zero-order valence-electron chi connectivity index (χ0n) is 46.4. The number of rotatable bonds is 4. The molecule has 0 saturated heterocycles. The maximum Gasteiger partial charge on any atom is 0.145 e. The maximum absolute atomic E-state index is 8.10. The molecule has 6 nitrogen and oxygen atoms in total. The van der Waals surface area contributed by atoms with E-state index >= 15 is 0 Å². The molecule has 6 heterocycles. The van der Waals surface area contributed by atoms with Crippen LogP contribution in [-0.2, 0) is 10.8 Å². The van der Waals surface area contributed by atoms with Gasteiger partial charge in [-0.05, 0) is 130 Å². The smallest absolute Gasteiger partial charge is 0.145 e. The topological polar surface area (TPSA) is 46.0 Å². The summed E-state index contributed by atoms with van der Waals surface area (Å²) in [5.74, 6) is 0. The molecule has 2 unspecified atom stereocenters. The fourth-order valence-electron chi connectivity index (χ4n) is 16.2. The van der Waals surface area contributed by atoms with Crippen LogP contribution in [-0.4, -0.2) is 18.3 Å². The summed E-state index contributed by atoms with van der Waals surface area (Å²) in [6.07, 6.45) is 0. The van der Waals surface area contributed by atoms with E-state index < -0.39 is 14.7 Å². The molecule has 6 aromatic heterocycles. The predicted octanol–water partition coefficient (Wildman–Crippen LogP) is 21.9. The van der Waals surface area contributed by atoms with Crippen LogP contribution >= 0.6 is 14.7 Å². The van der Waals surface area contributed by atoms with Gasteiger partial charge in [0.2, 0.25) is 0 Å². The van der Waals surface area contributed by atoms with E-state index in [2.05, 4.69) is 276 Å². The van der Waals surface area contributed by atoms with Crippen molar-refractivity contribution in [3.63, 3.8) is 0 Å². The molecule has 2 atom stereocenters. The van der Waals surface area contributed by atoms with Gasteiger partial charge < -0.3 is 27.1 Å².